The fourth-order valence-electron chi connectivity index (χ4n) is 3.14. The molecule has 0 spiro atoms. The number of hydrogen-bond donors (Lipinski definition) is 5. The maximum absolute atomic E-state index is 12.9. The zero-order valence-electron chi connectivity index (χ0n) is 19.7. The van der Waals surface area contributed by atoms with Gasteiger partial charge in [0.1, 0.15) is 6.10 Å². The minimum atomic E-state index is -1.97. The van der Waals surface area contributed by atoms with Crippen LogP contribution in [0.2, 0.25) is 0 Å². The van der Waals surface area contributed by atoms with Gasteiger partial charge in [-0.2, -0.15) is 0 Å². The number of rotatable bonds is 9. The van der Waals surface area contributed by atoms with Crippen LogP contribution in [0.4, 0.5) is 0 Å². The summed E-state index contributed by atoms with van der Waals surface area (Å²) >= 11 is 0. The highest BCUT2D eigenvalue weighted by Gasteiger charge is 2.47. The van der Waals surface area contributed by atoms with Crippen molar-refractivity contribution in [3.8, 4) is 11.8 Å². The molecular weight excluding hydrogens is 454 g/mol. The van der Waals surface area contributed by atoms with Crippen molar-refractivity contribution in [2.75, 3.05) is 33.9 Å². The summed E-state index contributed by atoms with van der Waals surface area (Å²) in [6, 6.07) is 13.3. The first kappa shape index (κ1) is 27.5. The molecular formula is C25H29N3O7. The standard InChI is InChI=1S/C25H29N3O7/c1-25(23(32)26-2,24(33)27-34)28(3)22(31)20-12-8-18(9-13-20)5-4-17-6-10-19(11-7-17)21(30)16-35-15-14-29/h6-13,21,29-30,34H,14-16H2,1-3H3,(H,26,32)(H,27,33). The molecule has 5 N–H and O–H groups in total. The Labute approximate surface area is 203 Å². The van der Waals surface area contributed by atoms with Crippen LogP contribution in [0.25, 0.3) is 0 Å². The number of benzene rings is 2. The SMILES string of the molecule is CNC(=O)C(C)(C(=O)NO)N(C)C(=O)c1ccc(C#Cc2ccc(C(O)COCCO)cc2)cc1. The van der Waals surface area contributed by atoms with Gasteiger partial charge in [0.15, 0.2) is 5.54 Å². The first-order valence-corrected chi connectivity index (χ1v) is 10.7. The van der Waals surface area contributed by atoms with Gasteiger partial charge in [0.05, 0.1) is 19.8 Å². The van der Waals surface area contributed by atoms with Gasteiger partial charge in [0.2, 0.25) is 0 Å². The average molecular weight is 484 g/mol. The quantitative estimate of drug-likeness (QED) is 0.113. The maximum atomic E-state index is 12.9. The molecule has 2 unspecified atom stereocenters. The topological polar surface area (TPSA) is 148 Å². The Morgan fingerprint density at radius 3 is 2.06 bits per heavy atom. The number of aliphatic hydroxyl groups excluding tert-OH is 2. The fourth-order valence-corrected chi connectivity index (χ4v) is 3.14. The molecule has 0 radical (unpaired) electrons. The number of carbonyl (C=O) groups is 3. The van der Waals surface area contributed by atoms with Gasteiger partial charge in [-0.05, 0) is 48.9 Å². The van der Waals surface area contributed by atoms with E-state index in [2.05, 4.69) is 17.2 Å². The molecule has 0 aliphatic heterocycles. The molecule has 10 heteroatoms. The van der Waals surface area contributed by atoms with Gasteiger partial charge >= 0.3 is 0 Å². The van der Waals surface area contributed by atoms with Crippen LogP contribution in [0.15, 0.2) is 48.5 Å². The third-order valence-corrected chi connectivity index (χ3v) is 5.48. The molecule has 0 heterocycles. The highest BCUT2D eigenvalue weighted by Crippen LogP contribution is 2.18. The van der Waals surface area contributed by atoms with Crippen LogP contribution in [-0.2, 0) is 14.3 Å². The van der Waals surface area contributed by atoms with Crippen LogP contribution in [-0.4, -0.2) is 77.5 Å². The van der Waals surface area contributed by atoms with Crippen molar-refractivity contribution in [2.45, 2.75) is 18.6 Å². The number of nitrogens with one attached hydrogen (secondary N) is 2. The minimum absolute atomic E-state index is 0.0821. The minimum Gasteiger partial charge on any atom is -0.394 e. The van der Waals surface area contributed by atoms with Gasteiger partial charge in [0.25, 0.3) is 17.7 Å². The smallest absolute Gasteiger partial charge is 0.278 e. The maximum Gasteiger partial charge on any atom is 0.278 e. The van der Waals surface area contributed by atoms with E-state index in [4.69, 9.17) is 15.1 Å². The second-order valence-electron chi connectivity index (χ2n) is 7.72. The summed E-state index contributed by atoms with van der Waals surface area (Å²) in [7, 11) is 2.61. The zero-order valence-corrected chi connectivity index (χ0v) is 19.7. The Kier molecular flexibility index (Phi) is 9.93. The molecule has 10 nitrogen and oxygen atoms in total. The fraction of sp³-hybridized carbons (Fsp3) is 0.320. The number of likely N-dealkylation sites (N-methyl/N-ethyl adjacent to an activating group) is 2. The summed E-state index contributed by atoms with van der Waals surface area (Å²) in [5, 5.41) is 30.1. The molecule has 3 amide bonds. The normalized spacial score (nSPS) is 13.0. The van der Waals surface area contributed by atoms with Crippen molar-refractivity contribution in [2.24, 2.45) is 0 Å². The molecule has 0 saturated carbocycles. The lowest BCUT2D eigenvalue weighted by atomic mass is 9.96. The molecule has 0 bridgehead atoms. The van der Waals surface area contributed by atoms with Crippen molar-refractivity contribution in [3.63, 3.8) is 0 Å². The molecule has 35 heavy (non-hydrogen) atoms. The van der Waals surface area contributed by atoms with Crippen LogP contribution < -0.4 is 10.8 Å². The Balaban J connectivity index is 2.12. The summed E-state index contributed by atoms with van der Waals surface area (Å²) in [5.74, 6) is 3.56. The summed E-state index contributed by atoms with van der Waals surface area (Å²) < 4.78 is 5.12. The van der Waals surface area contributed by atoms with Crippen LogP contribution >= 0.6 is 0 Å². The Bertz CT molecular complexity index is 1070. The Morgan fingerprint density at radius 2 is 1.57 bits per heavy atom. The Hall–Kier alpha value is -3.75. The molecule has 0 aromatic heterocycles. The predicted octanol–water partition coefficient (Wildman–Crippen LogP) is 0.211. The Morgan fingerprint density at radius 1 is 1.03 bits per heavy atom. The van der Waals surface area contributed by atoms with Crippen molar-refractivity contribution < 1.29 is 34.5 Å². The van der Waals surface area contributed by atoms with E-state index >= 15 is 0 Å². The molecule has 2 rings (SSSR count). The van der Waals surface area contributed by atoms with Crippen LogP contribution in [0.5, 0.6) is 0 Å². The summed E-state index contributed by atoms with van der Waals surface area (Å²) in [5.41, 5.74) is 1.70. The van der Waals surface area contributed by atoms with Crippen molar-refractivity contribution in [1.82, 2.24) is 15.7 Å². The van der Waals surface area contributed by atoms with Crippen molar-refractivity contribution >= 4 is 17.7 Å². The average Bonchev–Trinajstić information content (AvgIpc) is 2.90. The first-order valence-electron chi connectivity index (χ1n) is 10.7. The van der Waals surface area contributed by atoms with Crippen molar-refractivity contribution in [3.05, 3.63) is 70.8 Å². The molecule has 0 saturated heterocycles. The molecule has 186 valence electrons. The lowest BCUT2D eigenvalue weighted by Crippen LogP contribution is -2.64. The number of hydroxylamine groups is 1. The lowest BCUT2D eigenvalue weighted by molar-refractivity contribution is -0.148. The number of hydrogen-bond acceptors (Lipinski definition) is 7. The molecule has 0 aliphatic rings. The number of aliphatic hydroxyl groups is 2. The number of carbonyl (C=O) groups excluding carboxylic acids is 3. The molecule has 2 aromatic carbocycles. The van der Waals surface area contributed by atoms with E-state index in [1.54, 1.807) is 36.4 Å². The predicted molar refractivity (Wildman–Crippen MR) is 126 cm³/mol. The van der Waals surface area contributed by atoms with Gasteiger partial charge < -0.3 is 25.2 Å². The van der Waals surface area contributed by atoms with Gasteiger partial charge in [0, 0.05) is 30.8 Å². The number of amides is 3. The monoisotopic (exact) mass is 483 g/mol. The second-order valence-corrected chi connectivity index (χ2v) is 7.72. The van der Waals surface area contributed by atoms with Gasteiger partial charge in [-0.25, -0.2) is 5.48 Å². The number of nitrogens with zero attached hydrogens (tertiary/aromatic N) is 1. The number of ether oxygens (including phenoxy) is 1. The van der Waals surface area contributed by atoms with Crippen molar-refractivity contribution in [1.29, 1.82) is 0 Å². The molecule has 2 aromatic rings. The highest BCUT2D eigenvalue weighted by molar-refractivity contribution is 6.12. The third kappa shape index (κ3) is 6.65. The van der Waals surface area contributed by atoms with E-state index in [9.17, 15) is 19.5 Å². The van der Waals surface area contributed by atoms with Gasteiger partial charge in [-0.3, -0.25) is 19.6 Å². The van der Waals surface area contributed by atoms with E-state index in [-0.39, 0.29) is 25.4 Å². The van der Waals surface area contributed by atoms with E-state index in [0.29, 0.717) is 16.7 Å². The molecule has 2 atom stereocenters. The van der Waals surface area contributed by atoms with Gasteiger partial charge in [-0.15, -0.1) is 0 Å². The van der Waals surface area contributed by atoms with E-state index in [0.717, 1.165) is 4.90 Å². The van der Waals surface area contributed by atoms with Crippen LogP contribution in [0.3, 0.4) is 0 Å². The highest BCUT2D eigenvalue weighted by atomic mass is 16.5. The summed E-state index contributed by atoms with van der Waals surface area (Å²) in [6.07, 6.45) is -0.805. The van der Waals surface area contributed by atoms with E-state index < -0.39 is 29.4 Å². The lowest BCUT2D eigenvalue weighted by Gasteiger charge is -2.34. The van der Waals surface area contributed by atoms with Gasteiger partial charge in [-0.1, -0.05) is 24.0 Å². The summed E-state index contributed by atoms with van der Waals surface area (Å²) in [6.45, 7) is 1.36. The zero-order chi connectivity index (χ0) is 26.0. The molecule has 0 aliphatic carbocycles. The van der Waals surface area contributed by atoms with E-state index in [1.165, 1.54) is 38.6 Å². The largest absolute Gasteiger partial charge is 0.394 e. The van der Waals surface area contributed by atoms with E-state index in [1.807, 2.05) is 0 Å². The second kappa shape index (κ2) is 12.6. The van der Waals surface area contributed by atoms with Crippen LogP contribution in [0.1, 0.15) is 40.1 Å². The third-order valence-electron chi connectivity index (χ3n) is 5.48. The van der Waals surface area contributed by atoms with Crippen LogP contribution in [0, 0.1) is 11.8 Å². The summed E-state index contributed by atoms with van der Waals surface area (Å²) in [4.78, 5) is 38.3. The first-order chi connectivity index (χ1) is 16.7. The molecule has 0 fully saturated rings.